The molecule has 0 aromatic carbocycles. The van der Waals surface area contributed by atoms with E-state index >= 15 is 0 Å². The number of aryl methyl sites for hydroxylation is 1. The second-order valence-corrected chi connectivity index (χ2v) is 5.17. The maximum Gasteiger partial charge on any atom is 0.341 e. The van der Waals surface area contributed by atoms with Crippen molar-refractivity contribution in [3.05, 3.63) is 28.3 Å². The molecule has 2 rings (SSSR count). The zero-order chi connectivity index (χ0) is 16.4. The van der Waals surface area contributed by atoms with Gasteiger partial charge in [-0.2, -0.15) is 0 Å². The summed E-state index contributed by atoms with van der Waals surface area (Å²) in [7, 11) is 0. The van der Waals surface area contributed by atoms with Crippen molar-refractivity contribution in [1.29, 1.82) is 0 Å². The van der Waals surface area contributed by atoms with Gasteiger partial charge in [-0.15, -0.1) is 4.91 Å². The molecule has 0 saturated heterocycles. The lowest BCUT2D eigenvalue weighted by atomic mass is 10.1. The third-order valence-electron chi connectivity index (χ3n) is 3.52. The molecule has 0 amide bonds. The summed E-state index contributed by atoms with van der Waals surface area (Å²) in [6, 6.07) is 3.41. The van der Waals surface area contributed by atoms with Crippen molar-refractivity contribution in [2.75, 3.05) is 0 Å². The predicted molar refractivity (Wildman–Crippen MR) is 80.3 cm³/mol. The van der Waals surface area contributed by atoms with Gasteiger partial charge in [0.1, 0.15) is 11.7 Å². The van der Waals surface area contributed by atoms with E-state index in [2.05, 4.69) is 11.9 Å². The minimum absolute atomic E-state index is 0.132. The van der Waals surface area contributed by atoms with Crippen molar-refractivity contribution in [2.45, 2.75) is 58.0 Å². The van der Waals surface area contributed by atoms with E-state index in [4.69, 9.17) is 14.9 Å². The van der Waals surface area contributed by atoms with E-state index in [0.717, 1.165) is 50.6 Å². The Morgan fingerprint density at radius 2 is 2.05 bits per heavy atom. The molecule has 0 spiro atoms. The molecule has 0 radical (unpaired) electrons. The molecule has 1 saturated carbocycles. The number of hydrogen-bond acceptors (Lipinski definition) is 5. The van der Waals surface area contributed by atoms with Gasteiger partial charge >= 0.3 is 5.97 Å². The first-order valence-corrected chi connectivity index (χ1v) is 7.49. The summed E-state index contributed by atoms with van der Waals surface area (Å²) in [6.07, 6.45) is 7.47. The molecule has 22 heavy (non-hydrogen) atoms. The molecule has 122 valence electrons. The Morgan fingerprint density at radius 1 is 1.41 bits per heavy atom. The summed E-state index contributed by atoms with van der Waals surface area (Å²) in [6.45, 7) is 2.13. The smallest absolute Gasteiger partial charge is 0.341 e. The highest BCUT2D eigenvalue weighted by molar-refractivity contribution is 5.90. The minimum Gasteiger partial charge on any atom is -0.477 e. The fourth-order valence-electron chi connectivity index (χ4n) is 2.39. The largest absolute Gasteiger partial charge is 0.477 e. The van der Waals surface area contributed by atoms with Crippen molar-refractivity contribution < 1.29 is 19.8 Å². The Morgan fingerprint density at radius 3 is 2.59 bits per heavy atom. The van der Waals surface area contributed by atoms with E-state index in [0.29, 0.717) is 5.88 Å². The zero-order valence-corrected chi connectivity index (χ0v) is 12.7. The number of pyridine rings is 1. The van der Waals surface area contributed by atoms with E-state index in [1.807, 2.05) is 0 Å². The summed E-state index contributed by atoms with van der Waals surface area (Å²) in [5, 5.41) is 17.1. The van der Waals surface area contributed by atoms with Crippen molar-refractivity contribution >= 4 is 5.97 Å². The number of carbonyl (C=O) groups is 1. The molecule has 1 aliphatic carbocycles. The van der Waals surface area contributed by atoms with Crippen LogP contribution in [0.2, 0.25) is 0 Å². The van der Waals surface area contributed by atoms with Crippen LogP contribution in [0.25, 0.3) is 0 Å². The van der Waals surface area contributed by atoms with Crippen molar-refractivity contribution in [2.24, 2.45) is 5.34 Å². The predicted octanol–water partition coefficient (Wildman–Crippen LogP) is 3.59. The standard InChI is InChI=1S/C15H21NO3.HNO2/c1-2-3-6-11-9-10-13(15(17)18)14(16-11)19-12-7-4-5-8-12;2-1-3/h9-10,12H,2-8H2,1H3,(H,17,18);(H,2,3). The second-order valence-electron chi connectivity index (χ2n) is 5.17. The minimum atomic E-state index is -0.970. The summed E-state index contributed by atoms with van der Waals surface area (Å²) < 4.78 is 5.80. The quantitative estimate of drug-likeness (QED) is 0.614. The average Bonchev–Trinajstić information content (AvgIpc) is 2.99. The highest BCUT2D eigenvalue weighted by Crippen LogP contribution is 2.26. The number of aromatic nitrogens is 1. The molecular weight excluding hydrogens is 288 g/mol. The molecule has 1 heterocycles. The fraction of sp³-hybridized carbons (Fsp3) is 0.600. The summed E-state index contributed by atoms with van der Waals surface area (Å²) in [5.41, 5.74) is 1.09. The molecule has 1 aromatic rings. The van der Waals surface area contributed by atoms with Gasteiger partial charge in [0.15, 0.2) is 5.34 Å². The Kier molecular flexibility index (Phi) is 7.88. The number of rotatable bonds is 6. The van der Waals surface area contributed by atoms with Crippen LogP contribution in [0, 0.1) is 4.91 Å². The number of aromatic carboxylic acids is 1. The third-order valence-corrected chi connectivity index (χ3v) is 3.52. The molecule has 0 aliphatic heterocycles. The second kappa shape index (κ2) is 9.70. The summed E-state index contributed by atoms with van der Waals surface area (Å²) in [4.78, 5) is 23.7. The van der Waals surface area contributed by atoms with Gasteiger partial charge in [0.2, 0.25) is 5.88 Å². The van der Waals surface area contributed by atoms with E-state index in [1.165, 1.54) is 5.34 Å². The van der Waals surface area contributed by atoms with Gasteiger partial charge < -0.3 is 15.1 Å². The van der Waals surface area contributed by atoms with Crippen molar-refractivity contribution in [1.82, 2.24) is 4.98 Å². The maximum atomic E-state index is 11.2. The molecule has 0 unspecified atom stereocenters. The van der Waals surface area contributed by atoms with Gasteiger partial charge in [-0.25, -0.2) is 9.78 Å². The van der Waals surface area contributed by atoms with Gasteiger partial charge in [0, 0.05) is 5.69 Å². The van der Waals surface area contributed by atoms with E-state index in [9.17, 15) is 9.90 Å². The maximum absolute atomic E-state index is 11.2. The van der Waals surface area contributed by atoms with Gasteiger partial charge in [-0.05, 0) is 50.7 Å². The lowest BCUT2D eigenvalue weighted by Crippen LogP contribution is -2.15. The van der Waals surface area contributed by atoms with Crippen LogP contribution in [0.3, 0.4) is 0 Å². The van der Waals surface area contributed by atoms with Crippen LogP contribution in [-0.4, -0.2) is 27.4 Å². The third kappa shape index (κ3) is 5.67. The van der Waals surface area contributed by atoms with E-state index < -0.39 is 5.97 Å². The lowest BCUT2D eigenvalue weighted by Gasteiger charge is -2.14. The van der Waals surface area contributed by atoms with Crippen LogP contribution in [0.4, 0.5) is 0 Å². The topological polar surface area (TPSA) is 109 Å². The summed E-state index contributed by atoms with van der Waals surface area (Å²) >= 11 is 0. The van der Waals surface area contributed by atoms with Crippen molar-refractivity contribution in [3.63, 3.8) is 0 Å². The molecule has 1 aliphatic rings. The number of hydrogen-bond donors (Lipinski definition) is 2. The van der Waals surface area contributed by atoms with E-state index in [1.54, 1.807) is 12.1 Å². The zero-order valence-electron chi connectivity index (χ0n) is 12.7. The molecule has 7 nitrogen and oxygen atoms in total. The molecule has 1 fully saturated rings. The van der Waals surface area contributed by atoms with E-state index in [-0.39, 0.29) is 11.7 Å². The van der Waals surface area contributed by atoms with Crippen LogP contribution < -0.4 is 4.74 Å². The van der Waals surface area contributed by atoms with Gasteiger partial charge in [0.25, 0.3) is 0 Å². The Bertz CT molecular complexity index is 487. The average molecular weight is 310 g/mol. The molecule has 7 heteroatoms. The number of ether oxygens (including phenoxy) is 1. The van der Waals surface area contributed by atoms with Crippen LogP contribution >= 0.6 is 0 Å². The summed E-state index contributed by atoms with van der Waals surface area (Å²) in [5.74, 6) is -0.671. The van der Waals surface area contributed by atoms with Crippen LogP contribution in [0.1, 0.15) is 61.5 Å². The van der Waals surface area contributed by atoms with Gasteiger partial charge in [-0.3, -0.25) is 0 Å². The lowest BCUT2D eigenvalue weighted by molar-refractivity contribution is 0.0687. The van der Waals surface area contributed by atoms with Crippen LogP contribution in [0.15, 0.2) is 17.5 Å². The number of unbranched alkanes of at least 4 members (excludes halogenated alkanes) is 1. The Balaban J connectivity index is 0.000000745. The van der Waals surface area contributed by atoms with Crippen LogP contribution in [-0.2, 0) is 6.42 Å². The fourth-order valence-corrected chi connectivity index (χ4v) is 2.39. The highest BCUT2D eigenvalue weighted by atomic mass is 16.6. The van der Waals surface area contributed by atoms with Gasteiger partial charge in [-0.1, -0.05) is 13.3 Å². The SMILES string of the molecule is CCCCc1ccc(C(=O)O)c(OC2CCCC2)n1.O=NO. The van der Waals surface area contributed by atoms with Gasteiger partial charge in [0.05, 0.1) is 0 Å². The first kappa shape index (κ1) is 17.9. The first-order chi connectivity index (χ1) is 10.6. The first-order valence-electron chi connectivity index (χ1n) is 7.49. The molecular formula is C15H22N2O5. The molecule has 2 N–H and O–H groups in total. The normalized spacial score (nSPS) is 14.0. The number of carboxylic acid groups (broad SMARTS) is 1. The highest BCUT2D eigenvalue weighted by Gasteiger charge is 2.21. The molecule has 0 bridgehead atoms. The number of nitrogens with zero attached hydrogens (tertiary/aromatic N) is 2. The Hall–Kier alpha value is -2.18. The Labute approximate surface area is 129 Å². The van der Waals surface area contributed by atoms with Crippen LogP contribution in [0.5, 0.6) is 5.88 Å². The number of carboxylic acids is 1. The molecule has 1 aromatic heterocycles. The molecule has 0 atom stereocenters. The monoisotopic (exact) mass is 310 g/mol. The van der Waals surface area contributed by atoms with Crippen molar-refractivity contribution in [3.8, 4) is 5.88 Å².